The molecule has 0 saturated heterocycles. The maximum atomic E-state index is 10.1. The quantitative estimate of drug-likeness (QED) is 0.116. The molecule has 8 nitrogen and oxygen atoms in total. The Balaban J connectivity index is 0.000000119. The molecule has 18 aromatic rings. The number of hydrogen-bond acceptors (Lipinski definition) is 6. The van der Waals surface area contributed by atoms with Gasteiger partial charge in [0.15, 0.2) is 22.5 Å². The smallest absolute Gasteiger partial charge is 0.436 e. The maximum Gasteiger partial charge on any atom is 0.489 e. The van der Waals surface area contributed by atoms with Crippen molar-refractivity contribution in [3.63, 3.8) is 0 Å². The topological polar surface area (TPSA) is 101 Å². The van der Waals surface area contributed by atoms with E-state index >= 15 is 0 Å². The molecule has 4 aliphatic rings. The Hall–Kier alpha value is -14.3. The van der Waals surface area contributed by atoms with E-state index in [0.29, 0.717) is 33.6 Å². The molecule has 0 saturated carbocycles. The molecule has 0 unspecified atom stereocenters. The Morgan fingerprint density at radius 2 is 0.562 bits per heavy atom. The third-order valence-electron chi connectivity index (χ3n) is 22.8. The predicted molar refractivity (Wildman–Crippen MR) is 452 cm³/mol. The molecule has 0 radical (unpaired) electrons. The van der Waals surface area contributed by atoms with Crippen molar-refractivity contribution in [1.82, 2.24) is 9.97 Å². The first kappa shape index (κ1) is 67.1. The summed E-state index contributed by atoms with van der Waals surface area (Å²) < 4.78 is 12.4. The van der Waals surface area contributed by atoms with Gasteiger partial charge < -0.3 is 18.9 Å². The molecule has 0 amide bonds. The number of benzene rings is 16. The zero-order chi connectivity index (χ0) is 75.2. The summed E-state index contributed by atoms with van der Waals surface area (Å²) in [6.07, 6.45) is 0. The Morgan fingerprint density at radius 3 is 0.955 bits per heavy atom. The molecular weight excluding hydrogens is 1390 g/mol. The highest BCUT2D eigenvalue weighted by Crippen LogP contribution is 2.65. The van der Waals surface area contributed by atoms with E-state index in [1.54, 1.807) is 0 Å². The van der Waals surface area contributed by atoms with Crippen LogP contribution in [0.15, 0.2) is 373 Å². The molecule has 22 rings (SSSR count). The van der Waals surface area contributed by atoms with E-state index < -0.39 is 12.5 Å². The molecule has 10 heteroatoms. The maximum absolute atomic E-state index is 10.1. The third-order valence-corrected chi connectivity index (χ3v) is 23.0. The third kappa shape index (κ3) is 10.8. The Morgan fingerprint density at radius 1 is 0.277 bits per heavy atom. The SMILES string of the molecule is OB(O)c1cccc2c1-c1ccccc1C21c2ccccc2-c2ccccc21.[C-]#[N+]c1ccc(-c2ccc(-c3ccc4nc(-c5ccc(-c6cccc7c6-c6ccccc6C76c7ccccc7-c7ccccc76)cc5)oc4c3)cc2)cc1.[C-]#[N+]c1ccc(-c2ccc(-c3ccc4nc(-c5ccc(Cl)cc5)oc4c3)cc2)cc1. The second kappa shape index (κ2) is 27.1. The van der Waals surface area contributed by atoms with Crippen LogP contribution in [0.3, 0.4) is 0 Å². The van der Waals surface area contributed by atoms with Crippen LogP contribution in [-0.4, -0.2) is 27.1 Å². The number of aromatic nitrogens is 2. The van der Waals surface area contributed by atoms with E-state index in [1.807, 2.05) is 109 Å². The van der Waals surface area contributed by atoms with Crippen LogP contribution in [0.25, 0.3) is 155 Å². The summed E-state index contributed by atoms with van der Waals surface area (Å²) in [5, 5.41) is 20.9. The lowest BCUT2D eigenvalue weighted by molar-refractivity contribution is 0.426. The highest BCUT2D eigenvalue weighted by Gasteiger charge is 2.54. The van der Waals surface area contributed by atoms with Crippen LogP contribution in [0.4, 0.5) is 11.4 Å². The second-order valence-corrected chi connectivity index (χ2v) is 29.0. The number of oxazole rings is 2. The van der Waals surface area contributed by atoms with Gasteiger partial charge in [0, 0.05) is 16.1 Å². The summed E-state index contributed by atoms with van der Waals surface area (Å²) >= 11 is 5.97. The van der Waals surface area contributed by atoms with Crippen molar-refractivity contribution in [2.24, 2.45) is 0 Å². The monoisotopic (exact) mass is 1450 g/mol. The van der Waals surface area contributed by atoms with Crippen LogP contribution in [0.2, 0.25) is 5.02 Å². The van der Waals surface area contributed by atoms with Gasteiger partial charge in [-0.3, -0.25) is 0 Å². The van der Waals surface area contributed by atoms with Crippen LogP contribution in [-0.2, 0) is 10.8 Å². The normalized spacial score (nSPS) is 12.7. The van der Waals surface area contributed by atoms with E-state index in [4.69, 9.17) is 38.6 Å². The number of rotatable bonds is 8. The molecular formula is C102H62BClN4O4. The summed E-state index contributed by atoms with van der Waals surface area (Å²) in [6.45, 7) is 14.3. The zero-order valence-corrected chi connectivity index (χ0v) is 60.9. The fraction of sp³-hybridized carbons (Fsp3) is 0.0196. The molecule has 4 aliphatic carbocycles. The molecule has 2 spiro atoms. The summed E-state index contributed by atoms with van der Waals surface area (Å²) in [6, 6.07) is 126. The Bertz CT molecular complexity index is 6780. The van der Waals surface area contributed by atoms with Crippen LogP contribution in [0.5, 0.6) is 0 Å². The lowest BCUT2D eigenvalue weighted by atomic mass is 9.69. The van der Waals surface area contributed by atoms with Crippen molar-refractivity contribution in [3.8, 4) is 123 Å². The first-order valence-electron chi connectivity index (χ1n) is 37.2. The summed E-state index contributed by atoms with van der Waals surface area (Å²) in [5.74, 6) is 1.19. The van der Waals surface area contributed by atoms with Crippen molar-refractivity contribution < 1.29 is 18.9 Å². The van der Waals surface area contributed by atoms with E-state index in [1.165, 1.54) is 77.9 Å². The molecule has 112 heavy (non-hydrogen) atoms. The molecule has 0 fully saturated rings. The first-order valence-corrected chi connectivity index (χ1v) is 37.6. The molecule has 0 atom stereocenters. The number of halogens is 1. The molecule has 2 N–H and O–H groups in total. The van der Waals surface area contributed by atoms with Gasteiger partial charge in [-0.25, -0.2) is 19.7 Å². The second-order valence-electron chi connectivity index (χ2n) is 28.6. The molecule has 524 valence electrons. The van der Waals surface area contributed by atoms with E-state index in [2.05, 4.69) is 269 Å². The van der Waals surface area contributed by atoms with Crippen LogP contribution >= 0.6 is 11.6 Å². The van der Waals surface area contributed by atoms with E-state index in [-0.39, 0.29) is 5.41 Å². The number of fused-ring (bicyclic) bond motifs is 22. The molecule has 16 aromatic carbocycles. The average Bonchev–Trinajstić information content (AvgIpc) is 1.51. The fourth-order valence-corrected chi connectivity index (χ4v) is 17.9. The standard InChI is InChI=1S/C51H30N2O.C26H15ClN2O.C25H17BO2/c1-52-38-28-25-33(26-29-38)32-17-19-34(20-18-32)37-27-30-47-48(31-37)54-50(53-47)36-23-21-35(22-24-36)39-12-8-16-46-49(39)42-11-4-7-15-45(42)51(46)43-13-5-2-9-40(43)41-10-3-6-14-44(41)51;1-28-23-13-8-18(9-14-23)17-2-4-19(5-3-17)21-10-15-24-25(16-21)30-26(29-24)20-6-11-22(27)12-7-20;27-26(28)23-15-7-14-22-24(23)18-10-3-6-13-21(18)25(22)19-11-4-1-8-16(19)17-9-2-5-12-20(17)25/h2-31H;2-16H;1-15,27-28H. The minimum absolute atomic E-state index is 0.361. The Kier molecular flexibility index (Phi) is 16.3. The van der Waals surface area contributed by atoms with Crippen LogP contribution in [0, 0.1) is 13.1 Å². The van der Waals surface area contributed by atoms with Crippen molar-refractivity contribution in [2.45, 2.75) is 10.8 Å². The van der Waals surface area contributed by atoms with Gasteiger partial charge in [-0.15, -0.1) is 0 Å². The van der Waals surface area contributed by atoms with Gasteiger partial charge in [0.05, 0.1) is 24.0 Å². The van der Waals surface area contributed by atoms with Gasteiger partial charge in [0.1, 0.15) is 11.0 Å². The summed E-state index contributed by atoms with van der Waals surface area (Å²) in [4.78, 5) is 16.4. The lowest BCUT2D eigenvalue weighted by Crippen LogP contribution is -2.33. The number of hydrogen-bond donors (Lipinski definition) is 2. The zero-order valence-electron chi connectivity index (χ0n) is 60.1. The van der Waals surface area contributed by atoms with Gasteiger partial charge in [-0.05, 0) is 211 Å². The summed E-state index contributed by atoms with van der Waals surface area (Å²) in [7, 11) is -1.51. The highest BCUT2D eigenvalue weighted by molar-refractivity contribution is 6.60. The van der Waals surface area contributed by atoms with Crippen molar-refractivity contribution in [2.75, 3.05) is 0 Å². The van der Waals surface area contributed by atoms with Crippen LogP contribution < -0.4 is 5.46 Å². The summed E-state index contributed by atoms with van der Waals surface area (Å²) in [5.41, 5.74) is 37.1. The number of nitrogens with zero attached hydrogens (tertiary/aromatic N) is 4. The highest BCUT2D eigenvalue weighted by atomic mass is 35.5. The molecule has 0 aliphatic heterocycles. The van der Waals surface area contributed by atoms with Gasteiger partial charge in [-0.2, -0.15) is 0 Å². The van der Waals surface area contributed by atoms with E-state index in [9.17, 15) is 10.0 Å². The van der Waals surface area contributed by atoms with Crippen molar-refractivity contribution in [3.05, 3.63) is 436 Å². The minimum atomic E-state index is -1.51. The molecule has 2 aromatic heterocycles. The Labute approximate surface area is 652 Å². The lowest BCUT2D eigenvalue weighted by Gasteiger charge is -2.30. The largest absolute Gasteiger partial charge is 0.489 e. The fourth-order valence-electron chi connectivity index (χ4n) is 17.8. The van der Waals surface area contributed by atoms with Crippen molar-refractivity contribution in [1.29, 1.82) is 0 Å². The van der Waals surface area contributed by atoms with Gasteiger partial charge >= 0.3 is 7.12 Å². The van der Waals surface area contributed by atoms with E-state index in [0.717, 1.165) is 100 Å². The van der Waals surface area contributed by atoms with Gasteiger partial charge in [0.2, 0.25) is 11.8 Å². The minimum Gasteiger partial charge on any atom is -0.436 e. The van der Waals surface area contributed by atoms with Gasteiger partial charge in [0.25, 0.3) is 0 Å². The molecule has 2 heterocycles. The predicted octanol–water partition coefficient (Wildman–Crippen LogP) is 25.1. The average molecular weight is 1450 g/mol. The van der Waals surface area contributed by atoms with Gasteiger partial charge in [-0.1, -0.05) is 315 Å². The van der Waals surface area contributed by atoms with Crippen LogP contribution in [0.1, 0.15) is 44.5 Å². The van der Waals surface area contributed by atoms with Crippen molar-refractivity contribution >= 4 is 57.8 Å². The first-order chi connectivity index (χ1) is 55.1. The molecule has 0 bridgehead atoms.